The lowest BCUT2D eigenvalue weighted by molar-refractivity contribution is -0.122. The summed E-state index contributed by atoms with van der Waals surface area (Å²) in [7, 11) is 3.16. The minimum Gasteiger partial charge on any atom is -0.493 e. The van der Waals surface area contributed by atoms with Gasteiger partial charge in [-0.15, -0.1) is 0 Å². The zero-order chi connectivity index (χ0) is 28.2. The van der Waals surface area contributed by atoms with E-state index in [1.54, 1.807) is 43.5 Å². The summed E-state index contributed by atoms with van der Waals surface area (Å²) < 4.78 is 18.6. The number of nitrogens with zero attached hydrogens (tertiary/aromatic N) is 3. The van der Waals surface area contributed by atoms with E-state index in [2.05, 4.69) is 11.9 Å². The van der Waals surface area contributed by atoms with Crippen molar-refractivity contribution < 1.29 is 19.0 Å². The molecule has 40 heavy (non-hydrogen) atoms. The Morgan fingerprint density at radius 1 is 0.975 bits per heavy atom. The van der Waals surface area contributed by atoms with Gasteiger partial charge in [-0.05, 0) is 66.4 Å². The number of hydrogen-bond donors (Lipinski definition) is 0. The number of rotatable bonds is 9. The highest BCUT2D eigenvalue weighted by molar-refractivity contribution is 8.26. The van der Waals surface area contributed by atoms with Crippen LogP contribution < -0.4 is 19.8 Å². The van der Waals surface area contributed by atoms with E-state index >= 15 is 0 Å². The molecule has 0 bridgehead atoms. The van der Waals surface area contributed by atoms with E-state index in [0.29, 0.717) is 45.1 Å². The fourth-order valence-electron chi connectivity index (χ4n) is 4.29. The van der Waals surface area contributed by atoms with E-state index in [0.717, 1.165) is 29.3 Å². The van der Waals surface area contributed by atoms with Crippen molar-refractivity contribution in [2.24, 2.45) is 0 Å². The Balaban J connectivity index is 1.44. The van der Waals surface area contributed by atoms with Gasteiger partial charge in [0.05, 0.1) is 19.1 Å². The van der Waals surface area contributed by atoms with Crippen LogP contribution in [0.25, 0.3) is 11.7 Å². The van der Waals surface area contributed by atoms with Gasteiger partial charge in [-0.2, -0.15) is 4.98 Å². The molecule has 0 unspecified atom stereocenters. The van der Waals surface area contributed by atoms with Gasteiger partial charge < -0.3 is 14.2 Å². The topological polar surface area (TPSA) is 82.4 Å². The molecule has 0 atom stereocenters. The first-order valence-electron chi connectivity index (χ1n) is 12.7. The summed E-state index contributed by atoms with van der Waals surface area (Å²) in [6.07, 6.45) is 4.62. The van der Waals surface area contributed by atoms with Gasteiger partial charge in [-0.25, -0.2) is 0 Å². The second kappa shape index (κ2) is 11.9. The lowest BCUT2D eigenvalue weighted by Crippen LogP contribution is -2.30. The summed E-state index contributed by atoms with van der Waals surface area (Å²) in [5.41, 5.74) is 2.39. The molecule has 0 N–H and O–H groups in total. The van der Waals surface area contributed by atoms with E-state index in [-0.39, 0.29) is 22.9 Å². The van der Waals surface area contributed by atoms with Gasteiger partial charge in [0.2, 0.25) is 5.88 Å². The number of aryl methyl sites for hydroxylation is 1. The van der Waals surface area contributed by atoms with E-state index in [1.165, 1.54) is 10.5 Å². The number of pyridine rings is 1. The van der Waals surface area contributed by atoms with Crippen LogP contribution >= 0.6 is 24.0 Å². The van der Waals surface area contributed by atoms with Crippen molar-refractivity contribution in [3.8, 4) is 23.1 Å². The van der Waals surface area contributed by atoms with Crippen molar-refractivity contribution in [1.29, 1.82) is 0 Å². The van der Waals surface area contributed by atoms with Crippen molar-refractivity contribution in [2.45, 2.75) is 19.8 Å². The fourth-order valence-corrected chi connectivity index (χ4v) is 5.58. The number of carbonyl (C=O) groups is 1. The molecule has 1 amide bonds. The van der Waals surface area contributed by atoms with Gasteiger partial charge in [0.15, 0.2) is 11.5 Å². The maximum atomic E-state index is 13.5. The summed E-state index contributed by atoms with van der Waals surface area (Å²) >= 11 is 6.69. The molecule has 1 fully saturated rings. The Hall–Kier alpha value is -4.15. The minimum absolute atomic E-state index is 0.121. The second-order valence-corrected chi connectivity index (χ2v) is 10.6. The van der Waals surface area contributed by atoms with E-state index in [1.807, 2.05) is 42.5 Å². The third-order valence-corrected chi connectivity index (χ3v) is 7.88. The summed E-state index contributed by atoms with van der Waals surface area (Å²) in [6, 6.07) is 18.5. The van der Waals surface area contributed by atoms with Crippen LogP contribution in [-0.2, 0) is 17.6 Å². The van der Waals surface area contributed by atoms with Crippen LogP contribution in [0.2, 0.25) is 0 Å². The van der Waals surface area contributed by atoms with Crippen LogP contribution in [0.5, 0.6) is 23.1 Å². The summed E-state index contributed by atoms with van der Waals surface area (Å²) in [6.45, 7) is 2.45. The molecule has 8 nitrogen and oxygen atoms in total. The minimum atomic E-state index is -0.346. The highest BCUT2D eigenvalue weighted by Gasteiger charge is 2.32. The first-order valence-corrected chi connectivity index (χ1v) is 13.9. The number of ether oxygens (including phenoxy) is 3. The normalized spacial score (nSPS) is 14.3. The van der Waals surface area contributed by atoms with E-state index in [4.69, 9.17) is 26.4 Å². The molecular weight excluding hydrogens is 546 g/mol. The third kappa shape index (κ3) is 5.59. The number of hydrogen-bond acceptors (Lipinski definition) is 8. The molecular formula is C30H27N3O5S2. The van der Waals surface area contributed by atoms with Crippen LogP contribution in [0.4, 0.5) is 0 Å². The largest absolute Gasteiger partial charge is 0.493 e. The quantitative estimate of drug-likeness (QED) is 0.192. The lowest BCUT2D eigenvalue weighted by Gasteiger charge is -2.15. The first-order chi connectivity index (χ1) is 19.4. The highest BCUT2D eigenvalue weighted by Crippen LogP contribution is 2.35. The van der Waals surface area contributed by atoms with Crippen LogP contribution in [-0.4, -0.2) is 45.3 Å². The molecule has 2 aromatic heterocycles. The molecule has 1 aliphatic heterocycles. The lowest BCUT2D eigenvalue weighted by atomic mass is 10.1. The molecule has 0 radical (unpaired) electrons. The molecule has 0 spiro atoms. The highest BCUT2D eigenvalue weighted by atomic mass is 32.2. The molecule has 4 aromatic rings. The molecule has 1 saturated heterocycles. The number of carbonyl (C=O) groups excluding carboxylic acids is 1. The summed E-state index contributed by atoms with van der Waals surface area (Å²) in [4.78, 5) is 33.4. The average molecular weight is 574 g/mol. The fraction of sp³-hybridized carbons (Fsp3) is 0.200. The molecule has 0 saturated carbocycles. The van der Waals surface area contributed by atoms with Gasteiger partial charge in [0, 0.05) is 12.7 Å². The van der Waals surface area contributed by atoms with Crippen LogP contribution in [0.3, 0.4) is 0 Å². The van der Waals surface area contributed by atoms with Crippen molar-refractivity contribution >= 4 is 45.9 Å². The monoisotopic (exact) mass is 573 g/mol. The Labute approximate surface area is 241 Å². The van der Waals surface area contributed by atoms with Gasteiger partial charge in [0.25, 0.3) is 11.5 Å². The van der Waals surface area contributed by atoms with Gasteiger partial charge >= 0.3 is 0 Å². The smallest absolute Gasteiger partial charge is 0.269 e. The number of methoxy groups -OCH3 is 2. The van der Waals surface area contributed by atoms with Crippen molar-refractivity contribution in [3.05, 3.63) is 98.8 Å². The maximum absolute atomic E-state index is 13.5. The number of aromatic nitrogens is 2. The summed E-state index contributed by atoms with van der Waals surface area (Å²) in [5.74, 6) is 1.64. The molecule has 2 aromatic carbocycles. The predicted octanol–water partition coefficient (Wildman–Crippen LogP) is 5.51. The van der Waals surface area contributed by atoms with E-state index < -0.39 is 0 Å². The standard InChI is InChI=1S/C30H27N3O5S2/c1-4-19-8-11-21(12-9-19)38-27-22(28(34)32-15-6-5-7-26(32)31-27)18-25-29(35)33(30(39)40-25)16-14-20-10-13-23(36-2)24(17-20)37-3/h5-13,15,17-18H,4,14,16H2,1-3H3/b25-18+. The SMILES string of the molecule is CCc1ccc(Oc2nc3ccccn3c(=O)c2/C=C2/SC(=S)N(CCc3ccc(OC)c(OC)c3)C2=O)cc1. The Morgan fingerprint density at radius 2 is 1.73 bits per heavy atom. The zero-order valence-electron chi connectivity index (χ0n) is 22.2. The van der Waals surface area contributed by atoms with Crippen molar-refractivity contribution in [3.63, 3.8) is 0 Å². The zero-order valence-corrected chi connectivity index (χ0v) is 23.9. The van der Waals surface area contributed by atoms with Gasteiger partial charge in [0.1, 0.15) is 21.3 Å². The van der Waals surface area contributed by atoms with Gasteiger partial charge in [-0.3, -0.25) is 18.9 Å². The van der Waals surface area contributed by atoms with Crippen molar-refractivity contribution in [2.75, 3.05) is 20.8 Å². The molecule has 204 valence electrons. The van der Waals surface area contributed by atoms with Crippen LogP contribution in [0, 0.1) is 0 Å². The molecule has 0 aliphatic carbocycles. The Bertz CT molecular complexity index is 1680. The molecule has 5 rings (SSSR count). The Kier molecular flexibility index (Phi) is 8.18. The number of amides is 1. The van der Waals surface area contributed by atoms with Crippen LogP contribution in [0.15, 0.2) is 76.6 Å². The average Bonchev–Trinajstić information content (AvgIpc) is 3.25. The third-order valence-electron chi connectivity index (χ3n) is 6.50. The van der Waals surface area contributed by atoms with Gasteiger partial charge in [-0.1, -0.05) is 55.2 Å². The van der Waals surface area contributed by atoms with Crippen molar-refractivity contribution in [1.82, 2.24) is 14.3 Å². The number of benzene rings is 2. The number of thiocarbonyl (C=S) groups is 1. The molecule has 3 heterocycles. The molecule has 10 heteroatoms. The predicted molar refractivity (Wildman–Crippen MR) is 160 cm³/mol. The molecule has 1 aliphatic rings. The van der Waals surface area contributed by atoms with E-state index in [9.17, 15) is 9.59 Å². The second-order valence-electron chi connectivity index (χ2n) is 8.94. The Morgan fingerprint density at radius 3 is 2.45 bits per heavy atom. The van der Waals surface area contributed by atoms with Crippen LogP contribution in [0.1, 0.15) is 23.6 Å². The number of fused-ring (bicyclic) bond motifs is 1. The maximum Gasteiger partial charge on any atom is 0.269 e. The first kappa shape index (κ1) is 27.4. The summed E-state index contributed by atoms with van der Waals surface area (Å²) in [5, 5.41) is 0. The number of thioether (sulfide) groups is 1.